The van der Waals surface area contributed by atoms with E-state index in [0.717, 1.165) is 17.1 Å². The lowest BCUT2D eigenvalue weighted by molar-refractivity contribution is 0.0104. The second-order valence-electron chi connectivity index (χ2n) is 8.41. The van der Waals surface area contributed by atoms with Crippen LogP contribution in [-0.4, -0.2) is 66.2 Å². The second kappa shape index (κ2) is 10.2. The molecule has 0 radical (unpaired) electrons. The Morgan fingerprint density at radius 2 is 1.84 bits per heavy atom. The quantitative estimate of drug-likeness (QED) is 0.448. The molecular formula is C22H31N5O4S. The Labute approximate surface area is 193 Å². The number of likely N-dealkylation sites (tertiary alicyclic amines) is 1. The number of carbonyl (C=O) groups excluding carboxylic acids is 1. The lowest BCUT2D eigenvalue weighted by Crippen LogP contribution is -2.58. The number of anilines is 2. The Bertz CT molecular complexity index is 922. The van der Waals surface area contributed by atoms with E-state index >= 15 is 0 Å². The lowest BCUT2D eigenvalue weighted by atomic mass is 10.1. The monoisotopic (exact) mass is 461 g/mol. The van der Waals surface area contributed by atoms with Crippen LogP contribution in [0.15, 0.2) is 29.6 Å². The number of carbonyl (C=O) groups is 1. The van der Waals surface area contributed by atoms with E-state index in [1.54, 1.807) is 19.1 Å². The van der Waals surface area contributed by atoms with Gasteiger partial charge in [-0.05, 0) is 27.0 Å². The molecule has 1 aromatic carbocycles. The minimum atomic E-state index is -0.503. The van der Waals surface area contributed by atoms with Gasteiger partial charge in [-0.25, -0.2) is 14.8 Å². The van der Waals surface area contributed by atoms with Crippen LogP contribution in [-0.2, 0) is 11.3 Å². The van der Waals surface area contributed by atoms with Gasteiger partial charge in [-0.3, -0.25) is 0 Å². The topological polar surface area (TPSA) is 97.8 Å². The van der Waals surface area contributed by atoms with Crippen LogP contribution in [0.2, 0.25) is 0 Å². The van der Waals surface area contributed by atoms with Gasteiger partial charge in [-0.15, -0.1) is 0 Å². The van der Waals surface area contributed by atoms with Crippen molar-refractivity contribution in [1.82, 2.24) is 14.9 Å². The minimum Gasteiger partial charge on any atom is -0.497 e. The Morgan fingerprint density at radius 3 is 2.41 bits per heavy atom. The maximum Gasteiger partial charge on any atom is 0.410 e. The molecule has 1 aliphatic heterocycles. The van der Waals surface area contributed by atoms with Crippen LogP contribution in [0.5, 0.6) is 11.5 Å². The van der Waals surface area contributed by atoms with Gasteiger partial charge < -0.3 is 29.7 Å². The minimum absolute atomic E-state index is 0.0998. The summed E-state index contributed by atoms with van der Waals surface area (Å²) < 4.78 is 16.1. The fraction of sp³-hybridized carbons (Fsp3) is 0.500. The summed E-state index contributed by atoms with van der Waals surface area (Å²) in [5.74, 6) is 2.16. The molecular weight excluding hydrogens is 430 g/mol. The molecule has 9 nitrogen and oxygen atoms in total. The maximum absolute atomic E-state index is 12.2. The standard InChI is InChI=1S/C22H31N5O4S/c1-22(2,3)31-21(28)27-12-16(13-27)25-19-14(11-24-20(26-19)32-6)10-23-15-7-17(29-4)9-18(8-15)30-5/h7-9,11,16,23H,10,12-13H2,1-6H3,(H,24,25,26). The first-order chi connectivity index (χ1) is 15.2. The zero-order valence-corrected chi connectivity index (χ0v) is 20.2. The highest BCUT2D eigenvalue weighted by molar-refractivity contribution is 7.98. The van der Waals surface area contributed by atoms with E-state index in [-0.39, 0.29) is 12.1 Å². The zero-order chi connectivity index (χ0) is 23.3. The van der Waals surface area contributed by atoms with Gasteiger partial charge in [0.25, 0.3) is 0 Å². The van der Waals surface area contributed by atoms with Gasteiger partial charge in [0.1, 0.15) is 22.9 Å². The molecule has 0 aliphatic carbocycles. The summed E-state index contributed by atoms with van der Waals surface area (Å²) in [5.41, 5.74) is 1.28. The van der Waals surface area contributed by atoms with Crippen LogP contribution < -0.4 is 20.1 Å². The third kappa shape index (κ3) is 6.32. The number of rotatable bonds is 8. The van der Waals surface area contributed by atoms with Crippen LogP contribution in [0.25, 0.3) is 0 Å². The summed E-state index contributed by atoms with van der Waals surface area (Å²) in [5, 5.41) is 7.51. The summed E-state index contributed by atoms with van der Waals surface area (Å²) in [6.45, 7) is 7.23. The Kier molecular flexibility index (Phi) is 7.55. The SMILES string of the molecule is COc1cc(NCc2cnc(SC)nc2NC2CN(C(=O)OC(C)(C)C)C2)cc(OC)c1. The molecule has 1 fully saturated rings. The molecule has 2 aromatic rings. The number of amides is 1. The van der Waals surface area contributed by atoms with Gasteiger partial charge >= 0.3 is 6.09 Å². The molecule has 0 atom stereocenters. The summed E-state index contributed by atoms with van der Waals surface area (Å²) >= 11 is 1.48. The number of hydrogen-bond donors (Lipinski definition) is 2. The number of ether oxygens (including phenoxy) is 3. The van der Waals surface area contributed by atoms with Crippen molar-refractivity contribution in [3.63, 3.8) is 0 Å². The van der Waals surface area contributed by atoms with Crippen LogP contribution >= 0.6 is 11.8 Å². The molecule has 0 unspecified atom stereocenters. The first-order valence-corrected chi connectivity index (χ1v) is 11.5. The van der Waals surface area contributed by atoms with Gasteiger partial charge in [0, 0.05) is 55.3 Å². The first kappa shape index (κ1) is 23.8. The molecule has 1 saturated heterocycles. The summed E-state index contributed by atoms with van der Waals surface area (Å²) in [6.07, 6.45) is 3.46. The van der Waals surface area contributed by atoms with E-state index in [4.69, 9.17) is 14.2 Å². The van der Waals surface area contributed by atoms with E-state index in [1.165, 1.54) is 11.8 Å². The highest BCUT2D eigenvalue weighted by Gasteiger charge is 2.34. The van der Waals surface area contributed by atoms with Crippen molar-refractivity contribution >= 4 is 29.4 Å². The van der Waals surface area contributed by atoms with Gasteiger partial charge in [0.05, 0.1) is 20.3 Å². The molecule has 10 heteroatoms. The number of thioether (sulfide) groups is 1. The van der Waals surface area contributed by atoms with Crippen molar-refractivity contribution < 1.29 is 19.0 Å². The van der Waals surface area contributed by atoms with E-state index < -0.39 is 5.60 Å². The van der Waals surface area contributed by atoms with E-state index in [2.05, 4.69) is 20.6 Å². The van der Waals surface area contributed by atoms with Gasteiger partial charge in [0.15, 0.2) is 5.16 Å². The second-order valence-corrected chi connectivity index (χ2v) is 9.19. The highest BCUT2D eigenvalue weighted by Crippen LogP contribution is 2.27. The molecule has 2 N–H and O–H groups in total. The van der Waals surface area contributed by atoms with Crippen LogP contribution in [0.3, 0.4) is 0 Å². The van der Waals surface area contributed by atoms with Crippen LogP contribution in [0, 0.1) is 0 Å². The van der Waals surface area contributed by atoms with Crippen molar-refractivity contribution in [3.05, 3.63) is 30.0 Å². The van der Waals surface area contributed by atoms with E-state index in [0.29, 0.717) is 36.3 Å². The number of benzene rings is 1. The molecule has 1 aromatic heterocycles. The van der Waals surface area contributed by atoms with E-state index in [9.17, 15) is 4.79 Å². The number of hydrogen-bond acceptors (Lipinski definition) is 9. The fourth-order valence-corrected chi connectivity index (χ4v) is 3.43. The average Bonchev–Trinajstić information content (AvgIpc) is 2.73. The Hall–Kier alpha value is -2.88. The van der Waals surface area contributed by atoms with Gasteiger partial charge in [-0.1, -0.05) is 11.8 Å². The number of nitrogens with zero attached hydrogens (tertiary/aromatic N) is 3. The van der Waals surface area contributed by atoms with Crippen molar-refractivity contribution in [1.29, 1.82) is 0 Å². The highest BCUT2D eigenvalue weighted by atomic mass is 32.2. The van der Waals surface area contributed by atoms with E-state index in [1.807, 2.05) is 51.4 Å². The van der Waals surface area contributed by atoms with Crippen molar-refractivity contribution in [2.24, 2.45) is 0 Å². The first-order valence-electron chi connectivity index (χ1n) is 10.3. The molecule has 0 spiro atoms. The summed E-state index contributed by atoms with van der Waals surface area (Å²) in [7, 11) is 3.24. The lowest BCUT2D eigenvalue weighted by Gasteiger charge is -2.40. The fourth-order valence-electron chi connectivity index (χ4n) is 3.09. The predicted octanol–water partition coefficient (Wildman–Crippen LogP) is 3.86. The third-order valence-corrected chi connectivity index (χ3v) is 5.30. The smallest absolute Gasteiger partial charge is 0.410 e. The third-order valence-electron chi connectivity index (χ3n) is 4.73. The average molecular weight is 462 g/mol. The molecule has 1 aliphatic rings. The molecule has 32 heavy (non-hydrogen) atoms. The van der Waals surface area contributed by atoms with Crippen LogP contribution in [0.4, 0.5) is 16.3 Å². The maximum atomic E-state index is 12.2. The van der Waals surface area contributed by atoms with Crippen molar-refractivity contribution in [3.8, 4) is 11.5 Å². The number of methoxy groups -OCH3 is 2. The van der Waals surface area contributed by atoms with Crippen LogP contribution in [0.1, 0.15) is 26.3 Å². The molecule has 3 rings (SSSR count). The number of nitrogens with one attached hydrogen (secondary N) is 2. The molecule has 1 amide bonds. The predicted molar refractivity (Wildman–Crippen MR) is 126 cm³/mol. The summed E-state index contributed by atoms with van der Waals surface area (Å²) in [4.78, 5) is 22.9. The zero-order valence-electron chi connectivity index (χ0n) is 19.4. The Balaban J connectivity index is 1.66. The van der Waals surface area contributed by atoms with Crippen molar-refractivity contribution in [2.45, 2.75) is 44.1 Å². The molecule has 174 valence electrons. The largest absolute Gasteiger partial charge is 0.497 e. The molecule has 0 bridgehead atoms. The normalized spacial score (nSPS) is 13.9. The van der Waals surface area contributed by atoms with Crippen molar-refractivity contribution in [2.75, 3.05) is 44.2 Å². The number of aromatic nitrogens is 2. The Morgan fingerprint density at radius 1 is 1.19 bits per heavy atom. The molecule has 2 heterocycles. The summed E-state index contributed by atoms with van der Waals surface area (Å²) in [6, 6.07) is 5.72. The van der Waals surface area contributed by atoms with Gasteiger partial charge in [-0.2, -0.15) is 0 Å². The molecule has 0 saturated carbocycles. The van der Waals surface area contributed by atoms with Gasteiger partial charge in [0.2, 0.25) is 0 Å².